The lowest BCUT2D eigenvalue weighted by Crippen LogP contribution is -2.55. The summed E-state index contributed by atoms with van der Waals surface area (Å²) in [6.45, 7) is 3.55. The van der Waals surface area contributed by atoms with Gasteiger partial charge in [0.1, 0.15) is 6.04 Å². The standard InChI is InChI=1S/C9H17NO3S/c1-7(14(3)12)6-10-5-4-8(10)9(11)13-2/h7-8H,4-6H2,1-3H3. The molecule has 3 atom stereocenters. The van der Waals surface area contributed by atoms with Crippen LogP contribution in [0.5, 0.6) is 0 Å². The smallest absolute Gasteiger partial charge is 0.323 e. The lowest BCUT2D eigenvalue weighted by atomic mass is 10.0. The van der Waals surface area contributed by atoms with E-state index in [-0.39, 0.29) is 17.3 Å². The highest BCUT2D eigenvalue weighted by Crippen LogP contribution is 2.19. The Bertz CT molecular complexity index is 244. The molecule has 14 heavy (non-hydrogen) atoms. The summed E-state index contributed by atoms with van der Waals surface area (Å²) in [5.41, 5.74) is 0. The van der Waals surface area contributed by atoms with Crippen molar-refractivity contribution in [1.29, 1.82) is 0 Å². The van der Waals surface area contributed by atoms with Crippen molar-refractivity contribution >= 4 is 16.8 Å². The van der Waals surface area contributed by atoms with E-state index in [1.165, 1.54) is 7.11 Å². The van der Waals surface area contributed by atoms with Crippen LogP contribution >= 0.6 is 0 Å². The van der Waals surface area contributed by atoms with Crippen LogP contribution < -0.4 is 0 Å². The van der Waals surface area contributed by atoms with Crippen molar-refractivity contribution in [1.82, 2.24) is 4.90 Å². The van der Waals surface area contributed by atoms with Crippen LogP contribution in [-0.2, 0) is 20.3 Å². The summed E-state index contributed by atoms with van der Waals surface area (Å²) < 4.78 is 15.8. The van der Waals surface area contributed by atoms with Crippen molar-refractivity contribution < 1.29 is 13.7 Å². The minimum atomic E-state index is -0.823. The van der Waals surface area contributed by atoms with Gasteiger partial charge in [0.2, 0.25) is 0 Å². The average Bonchev–Trinajstić information content (AvgIpc) is 2.11. The van der Waals surface area contributed by atoms with Crippen LogP contribution in [-0.4, -0.2) is 52.8 Å². The molecule has 3 unspecified atom stereocenters. The molecule has 5 heteroatoms. The molecule has 82 valence electrons. The molecule has 1 aliphatic heterocycles. The summed E-state index contributed by atoms with van der Waals surface area (Å²) in [7, 11) is 0.581. The molecule has 1 heterocycles. The molecule has 0 aliphatic carbocycles. The molecule has 0 radical (unpaired) electrons. The van der Waals surface area contributed by atoms with Crippen LogP contribution in [0.1, 0.15) is 13.3 Å². The first-order valence-corrected chi connectivity index (χ1v) is 6.32. The third-order valence-electron chi connectivity index (χ3n) is 2.66. The van der Waals surface area contributed by atoms with Crippen LogP contribution in [0.4, 0.5) is 0 Å². The third kappa shape index (κ3) is 2.54. The Morgan fingerprint density at radius 3 is 2.71 bits per heavy atom. The second-order valence-corrected chi connectivity index (χ2v) is 5.43. The zero-order valence-corrected chi connectivity index (χ0v) is 9.67. The van der Waals surface area contributed by atoms with Gasteiger partial charge < -0.3 is 4.74 Å². The van der Waals surface area contributed by atoms with Gasteiger partial charge in [-0.1, -0.05) is 0 Å². The summed E-state index contributed by atoms with van der Waals surface area (Å²) in [6.07, 6.45) is 2.55. The molecule has 1 rings (SSSR count). The summed E-state index contributed by atoms with van der Waals surface area (Å²) in [4.78, 5) is 13.2. The first-order chi connectivity index (χ1) is 6.56. The highest BCUT2D eigenvalue weighted by Gasteiger charge is 2.35. The first-order valence-electron chi connectivity index (χ1n) is 4.70. The van der Waals surface area contributed by atoms with Gasteiger partial charge in [0.25, 0.3) is 0 Å². The number of hydrogen-bond acceptors (Lipinski definition) is 4. The summed E-state index contributed by atoms with van der Waals surface area (Å²) in [5, 5.41) is 0.113. The Hall–Kier alpha value is -0.420. The molecule has 0 saturated carbocycles. The molecule has 0 amide bonds. The Labute approximate surface area is 87.1 Å². The minimum absolute atomic E-state index is 0.106. The number of ether oxygens (including phenoxy) is 1. The van der Waals surface area contributed by atoms with Crippen LogP contribution in [0.25, 0.3) is 0 Å². The Kier molecular flexibility index (Phi) is 4.07. The topological polar surface area (TPSA) is 46.6 Å². The highest BCUT2D eigenvalue weighted by atomic mass is 32.2. The molecular weight excluding hydrogens is 202 g/mol. The van der Waals surface area contributed by atoms with Gasteiger partial charge in [-0.15, -0.1) is 0 Å². The fourth-order valence-electron chi connectivity index (χ4n) is 1.50. The van der Waals surface area contributed by atoms with Gasteiger partial charge in [0, 0.05) is 35.4 Å². The molecular formula is C9H17NO3S. The minimum Gasteiger partial charge on any atom is -0.468 e. The van der Waals surface area contributed by atoms with E-state index in [2.05, 4.69) is 4.74 Å². The Morgan fingerprint density at radius 1 is 1.71 bits per heavy atom. The SMILES string of the molecule is COC(=O)C1CCN1CC(C)S(C)=O. The Balaban J connectivity index is 2.40. The normalized spacial score (nSPS) is 26.4. The number of rotatable bonds is 4. The lowest BCUT2D eigenvalue weighted by molar-refractivity contribution is -0.151. The lowest BCUT2D eigenvalue weighted by Gasteiger charge is -2.39. The molecule has 1 fully saturated rings. The van der Waals surface area contributed by atoms with Gasteiger partial charge in [0.15, 0.2) is 0 Å². The van der Waals surface area contributed by atoms with E-state index in [0.29, 0.717) is 6.54 Å². The van der Waals surface area contributed by atoms with Crippen molar-refractivity contribution in [2.24, 2.45) is 0 Å². The van der Waals surface area contributed by atoms with Crippen molar-refractivity contribution in [3.8, 4) is 0 Å². The summed E-state index contributed by atoms with van der Waals surface area (Å²) in [6, 6.07) is -0.106. The largest absolute Gasteiger partial charge is 0.468 e. The van der Waals surface area contributed by atoms with E-state index in [0.717, 1.165) is 13.0 Å². The average molecular weight is 219 g/mol. The molecule has 0 aromatic heterocycles. The maximum absolute atomic E-state index is 11.2. The number of methoxy groups -OCH3 is 1. The molecule has 4 nitrogen and oxygen atoms in total. The number of carbonyl (C=O) groups excluding carboxylic acids is 1. The molecule has 0 aromatic rings. The van der Waals surface area contributed by atoms with E-state index < -0.39 is 10.8 Å². The second-order valence-electron chi connectivity index (χ2n) is 3.63. The quantitative estimate of drug-likeness (QED) is 0.624. The van der Waals surface area contributed by atoms with E-state index in [9.17, 15) is 9.00 Å². The van der Waals surface area contributed by atoms with Crippen molar-refractivity contribution in [2.75, 3.05) is 26.5 Å². The number of likely N-dealkylation sites (tertiary alicyclic amines) is 1. The number of nitrogens with zero attached hydrogens (tertiary/aromatic N) is 1. The third-order valence-corrected chi connectivity index (χ3v) is 3.94. The van der Waals surface area contributed by atoms with Gasteiger partial charge in [-0.05, 0) is 13.3 Å². The highest BCUT2D eigenvalue weighted by molar-refractivity contribution is 7.84. The van der Waals surface area contributed by atoms with Crippen molar-refractivity contribution in [3.63, 3.8) is 0 Å². The Morgan fingerprint density at radius 2 is 2.36 bits per heavy atom. The second kappa shape index (κ2) is 4.89. The van der Waals surface area contributed by atoms with E-state index in [1.807, 2.05) is 11.8 Å². The van der Waals surface area contributed by atoms with E-state index in [4.69, 9.17) is 0 Å². The van der Waals surface area contributed by atoms with Gasteiger partial charge in [-0.2, -0.15) is 0 Å². The van der Waals surface area contributed by atoms with Gasteiger partial charge >= 0.3 is 5.97 Å². The van der Waals surface area contributed by atoms with Crippen LogP contribution in [0, 0.1) is 0 Å². The maximum atomic E-state index is 11.2. The molecule has 1 aliphatic rings. The van der Waals surface area contributed by atoms with E-state index in [1.54, 1.807) is 6.26 Å². The fraction of sp³-hybridized carbons (Fsp3) is 0.889. The maximum Gasteiger partial charge on any atom is 0.323 e. The van der Waals surface area contributed by atoms with E-state index >= 15 is 0 Å². The van der Waals surface area contributed by atoms with Crippen molar-refractivity contribution in [3.05, 3.63) is 0 Å². The predicted octanol–water partition coefficient (Wildman–Crippen LogP) is 0.000700. The molecule has 0 aromatic carbocycles. The van der Waals surface area contributed by atoms with Gasteiger partial charge in [-0.3, -0.25) is 13.9 Å². The zero-order chi connectivity index (χ0) is 10.7. The van der Waals surface area contributed by atoms with Crippen LogP contribution in [0.3, 0.4) is 0 Å². The number of carbonyl (C=O) groups is 1. The van der Waals surface area contributed by atoms with Crippen LogP contribution in [0.15, 0.2) is 0 Å². The molecule has 1 saturated heterocycles. The number of esters is 1. The summed E-state index contributed by atoms with van der Waals surface area (Å²) >= 11 is 0. The summed E-state index contributed by atoms with van der Waals surface area (Å²) in [5.74, 6) is -0.176. The van der Waals surface area contributed by atoms with Gasteiger partial charge in [-0.25, -0.2) is 0 Å². The monoisotopic (exact) mass is 219 g/mol. The van der Waals surface area contributed by atoms with Gasteiger partial charge in [0.05, 0.1) is 7.11 Å². The number of hydrogen-bond donors (Lipinski definition) is 0. The predicted molar refractivity (Wildman–Crippen MR) is 55.5 cm³/mol. The van der Waals surface area contributed by atoms with Crippen molar-refractivity contribution in [2.45, 2.75) is 24.6 Å². The van der Waals surface area contributed by atoms with Crippen LogP contribution in [0.2, 0.25) is 0 Å². The molecule has 0 spiro atoms. The molecule has 0 N–H and O–H groups in total. The molecule has 0 bridgehead atoms. The zero-order valence-electron chi connectivity index (χ0n) is 8.86. The fourth-order valence-corrected chi connectivity index (χ4v) is 1.90. The first kappa shape index (κ1) is 11.7.